The van der Waals surface area contributed by atoms with Crippen molar-refractivity contribution in [3.8, 4) is 34.4 Å². The second-order valence-electron chi connectivity index (χ2n) is 31.9. The normalized spacial score (nSPS) is 15.1. The van der Waals surface area contributed by atoms with E-state index in [4.69, 9.17) is 152 Å². The summed E-state index contributed by atoms with van der Waals surface area (Å²) in [4.78, 5) is 79.3. The Bertz CT molecular complexity index is 6420. The second-order valence-corrected chi connectivity index (χ2v) is 60.1. The van der Waals surface area contributed by atoms with Gasteiger partial charge in [-0.2, -0.15) is 0 Å². The van der Waals surface area contributed by atoms with Gasteiger partial charge in [0.2, 0.25) is 0 Å². The van der Waals surface area contributed by atoms with Gasteiger partial charge in [-0.25, -0.2) is 19.2 Å². The summed E-state index contributed by atoms with van der Waals surface area (Å²) in [6.45, 7) is 23.0. The number of alkyl carbamates (subject to hydrolysis) is 3. The highest BCUT2D eigenvalue weighted by atomic mass is 35.5. The molecule has 4 aliphatic heterocycles. The van der Waals surface area contributed by atoms with Gasteiger partial charge in [0.1, 0.15) is 51.5 Å². The van der Waals surface area contributed by atoms with Crippen LogP contribution in [0.4, 0.5) is 19.2 Å². The summed E-state index contributed by atoms with van der Waals surface area (Å²) in [5.74, 6) is 5.05. The van der Waals surface area contributed by atoms with E-state index < -0.39 is 65.9 Å². The van der Waals surface area contributed by atoms with Crippen molar-refractivity contribution in [1.82, 2.24) is 45.5 Å². The lowest BCUT2D eigenvalue weighted by molar-refractivity contribution is -0.120. The third kappa shape index (κ3) is 33.3. The third-order valence-electron chi connectivity index (χ3n) is 18.3. The molecule has 6 heterocycles. The Hall–Kier alpha value is -8.59. The number of amides is 3. The van der Waals surface area contributed by atoms with Crippen molar-refractivity contribution in [2.24, 2.45) is 25.7 Å². The van der Waals surface area contributed by atoms with Crippen molar-refractivity contribution in [2.75, 3.05) is 28.4 Å². The largest absolute Gasteiger partial charge is 0.506 e. The summed E-state index contributed by atoms with van der Waals surface area (Å²) in [5.41, 5.74) is 17.4. The Labute approximate surface area is 854 Å². The number of hydrogen-bond acceptors (Lipinski definition) is 26. The predicted octanol–water partition coefficient (Wildman–Crippen LogP) is 21.3. The molecule has 47 heteroatoms. The van der Waals surface area contributed by atoms with Crippen LogP contribution in [0.25, 0.3) is 11.4 Å². The van der Waals surface area contributed by atoms with E-state index in [-0.39, 0.29) is 25.3 Å². The summed E-state index contributed by atoms with van der Waals surface area (Å²) in [6, 6.07) is 52.2. The molecule has 136 heavy (non-hydrogen) atoms. The zero-order valence-corrected chi connectivity index (χ0v) is 91.6. The molecular formula is C89H94Cl4N14O14P4S11. The molecule has 0 fully saturated rings. The lowest BCUT2D eigenvalue weighted by Crippen LogP contribution is -2.43. The van der Waals surface area contributed by atoms with Gasteiger partial charge in [-0.1, -0.05) is 143 Å². The van der Waals surface area contributed by atoms with Gasteiger partial charge in [-0.05, 0) is 284 Å². The Balaban J connectivity index is 0.000000190. The maximum Gasteiger partial charge on any atom is 0.506 e. The van der Waals surface area contributed by atoms with Crippen LogP contribution in [0.5, 0.6) is 23.0 Å². The van der Waals surface area contributed by atoms with Crippen molar-refractivity contribution in [1.29, 1.82) is 0 Å². The first-order valence-electron chi connectivity index (χ1n) is 40.6. The number of aliphatic imine (C=N–C) groups is 4. The van der Waals surface area contributed by atoms with Gasteiger partial charge in [-0.15, -0.1) is 20.4 Å². The fourth-order valence-corrected chi connectivity index (χ4v) is 48.9. The zero-order chi connectivity index (χ0) is 99.5. The Kier molecular flexibility index (Phi) is 42.9. The number of halogens is 4. The first-order chi connectivity index (χ1) is 64.5. The van der Waals surface area contributed by atoms with E-state index in [0.717, 1.165) is 104 Å². The standard InChI is InChI=1S/C23H24ClN5O3.C22H23ClN2O4.C22H23ClN2O3S.C18H16ClN5O.C4H8O3.P4S10/c1-13-27-28-21-20(26-22(30)32-23(2,3)4)25-19(14-6-8-15(24)9-7-14)17-12-16(31-5)10-11-18(17)29(13)21;1-22(2,3)29-21(27)25-20-18(26)11-14-7-10-16(28-4)12-17(14)19(24-20)13-5-8-15(23)9-6-13;1-22(2,3)28-21(26)25-20-18(29)11-14-7-10-16(27-4)12-17(14)19(24-20)13-5-8-15(23)9-6-13;1-10-22-23-18-17(20)21-16(11-3-5-12(19)6-4-11)14-9-13(25-2)7-8-15(14)24(10)18;1-3(2)7-4(5)6;5-1-4(2-6)3-8-10-12-14-13-11-9-7/h6-12,20H,1-5H3,(H,26,30);5-10,12,20H,11H2,1-4H3,(H,25,27);5-10,12,20H,11H2,1-4H3,(H,25,26);3-9,17H,20H2,1-2H3;3H,1-2H3,(H,5,6);. The van der Waals surface area contributed by atoms with Crippen molar-refractivity contribution in [2.45, 2.75) is 150 Å². The number of aromatic nitrogens is 6. The van der Waals surface area contributed by atoms with Gasteiger partial charge in [0, 0.05) is 103 Å². The highest BCUT2D eigenvalue weighted by Crippen LogP contribution is 2.70. The molecule has 6 N–H and O–H groups in total. The number of fused-ring (bicyclic) bond motifs is 8. The molecular weight excluding hydrogens is 2110 g/mol. The number of carbonyl (C=O) groups excluding carboxylic acids is 4. The lowest BCUT2D eigenvalue weighted by Gasteiger charge is -2.22. The van der Waals surface area contributed by atoms with E-state index in [1.54, 1.807) is 171 Å². The number of carboxylic acid groups (broad SMARTS) is 1. The molecule has 0 saturated carbocycles. The quantitative estimate of drug-likeness (QED) is 0.0275. The zero-order valence-electron chi connectivity index (χ0n) is 76.1. The fourth-order valence-electron chi connectivity index (χ4n) is 12.8. The monoisotopic (exact) mass is 2200 g/mol. The van der Waals surface area contributed by atoms with E-state index in [0.29, 0.717) is 77.5 Å². The number of hydrogen-bond donors (Lipinski definition) is 5. The average molecular weight is 2200 g/mol. The van der Waals surface area contributed by atoms with E-state index in [2.05, 4.69) is 46.1 Å². The number of aryl methyl sites for hydroxylation is 2. The molecule has 2 aromatic heterocycles. The van der Waals surface area contributed by atoms with Crippen LogP contribution in [0.3, 0.4) is 0 Å². The number of rotatable bonds is 15. The molecule has 0 bridgehead atoms. The minimum absolute atomic E-state index is 0.125. The van der Waals surface area contributed by atoms with Crippen LogP contribution >= 0.6 is 86.7 Å². The summed E-state index contributed by atoms with van der Waals surface area (Å²) in [7, 11) is 21.7. The van der Waals surface area contributed by atoms with E-state index in [9.17, 15) is 24.0 Å². The minimum atomic E-state index is -1.21. The van der Waals surface area contributed by atoms with E-state index in [1.807, 2.05) is 181 Å². The first-order valence-corrected chi connectivity index (χ1v) is 61.0. The molecule has 10 aromatic rings. The number of thiocarbonyl (C=S) groups is 1. The predicted molar refractivity (Wildman–Crippen MR) is 576 cm³/mol. The van der Waals surface area contributed by atoms with Crippen molar-refractivity contribution in [3.05, 3.63) is 269 Å². The van der Waals surface area contributed by atoms with Gasteiger partial charge in [0.15, 0.2) is 42.1 Å². The summed E-state index contributed by atoms with van der Waals surface area (Å²) in [6.07, 6.45) is -5.87. The van der Waals surface area contributed by atoms with Crippen molar-refractivity contribution in [3.63, 3.8) is 0 Å². The molecule has 718 valence electrons. The minimum Gasteiger partial charge on any atom is -0.497 e. The van der Waals surface area contributed by atoms with Crippen LogP contribution in [-0.2, 0) is 134 Å². The molecule has 3 amide bonds. The van der Waals surface area contributed by atoms with Crippen LogP contribution in [0, 0.1) is 13.8 Å². The number of ether oxygens (including phenoxy) is 8. The number of benzene rings is 8. The first kappa shape index (κ1) is 111. The highest BCUT2D eigenvalue weighted by Gasteiger charge is 2.35. The lowest BCUT2D eigenvalue weighted by atomic mass is 9.95. The van der Waals surface area contributed by atoms with Crippen LogP contribution < -0.4 is 40.6 Å². The summed E-state index contributed by atoms with van der Waals surface area (Å²) < 4.78 is 45.7. The molecule has 4 unspecified atom stereocenters. The molecule has 8 aromatic carbocycles. The molecule has 4 atom stereocenters. The Morgan fingerprint density at radius 2 is 0.816 bits per heavy atom. The SMILES string of the molecule is CC(C)OC(=O)O.COc1ccc2c(c1)C(c1ccc(Cl)cc1)=NC(N)c1nnc(C)n1-2.COc1ccc2c(c1)C(c1ccc(Cl)cc1)=NC(NC(=O)OC(C)(C)C)C(=O)C2.COc1ccc2c(c1)C(c1ccc(Cl)cc1)=NC(NC(=O)OC(C)(C)C)C(=S)C2.COc1ccc2c(c1)C(c1ccc(Cl)cc1)=NC(NC(=O)OC(C)(C)C)c1nnc(C)n1-2.S=PP(P=S)P=S=S=S=S=S=S=S=S. The van der Waals surface area contributed by atoms with Crippen LogP contribution in [0.1, 0.15) is 167 Å². The maximum atomic E-state index is 12.8. The topological polar surface area (TPSA) is 352 Å². The number of methoxy groups -OCH3 is 4. The molecule has 0 aliphatic carbocycles. The molecule has 14 rings (SSSR count). The molecule has 28 nitrogen and oxygen atoms in total. The third-order valence-corrected chi connectivity index (χ3v) is 53.4. The van der Waals surface area contributed by atoms with Gasteiger partial charge in [0.05, 0.1) is 75.8 Å². The maximum absolute atomic E-state index is 12.8. The van der Waals surface area contributed by atoms with Gasteiger partial charge < -0.3 is 48.7 Å². The van der Waals surface area contributed by atoms with Gasteiger partial charge >= 0.3 is 24.4 Å². The van der Waals surface area contributed by atoms with Crippen LogP contribution in [0.15, 0.2) is 190 Å². The van der Waals surface area contributed by atoms with Crippen LogP contribution in [-0.4, -0.2) is 156 Å². The van der Waals surface area contributed by atoms with Crippen molar-refractivity contribution >= 4 is 242 Å². The van der Waals surface area contributed by atoms with E-state index in [1.165, 1.54) is 15.9 Å². The average Bonchev–Trinajstić information content (AvgIpc) is 1.61. The number of ketones is 1. The molecule has 0 radical (unpaired) electrons. The van der Waals surface area contributed by atoms with Crippen molar-refractivity contribution < 1.29 is 67.0 Å². The second kappa shape index (κ2) is 52.6. The number of nitrogens with zero attached hydrogens (tertiary/aromatic N) is 10. The molecule has 0 saturated heterocycles. The van der Waals surface area contributed by atoms with Crippen LogP contribution in [0.2, 0.25) is 20.1 Å². The Morgan fingerprint density at radius 1 is 0.478 bits per heavy atom. The van der Waals surface area contributed by atoms with Gasteiger partial charge in [0.25, 0.3) is 0 Å². The Morgan fingerprint density at radius 3 is 1.20 bits per heavy atom. The number of carbonyl (C=O) groups is 5. The number of Topliss-reactive ketones (excluding diaryl/α,β-unsaturated/α-hetero) is 1. The molecule has 0 spiro atoms. The van der Waals surface area contributed by atoms with Gasteiger partial charge in [-0.3, -0.25) is 49.8 Å². The smallest absolute Gasteiger partial charge is 0.497 e. The highest BCUT2D eigenvalue weighted by molar-refractivity contribution is 8.87. The molecule has 4 aliphatic rings. The number of nitrogens with one attached hydrogen (secondary N) is 3. The summed E-state index contributed by atoms with van der Waals surface area (Å²) in [5, 5.41) is 35.5. The van der Waals surface area contributed by atoms with E-state index >= 15 is 0 Å². The fraction of sp³-hybridized carbons (Fsp3) is 0.303. The number of nitrogens with two attached hydrogens (primary N) is 1. The summed E-state index contributed by atoms with van der Waals surface area (Å²) >= 11 is 44.5.